The largest absolute Gasteiger partial charge is 0.310 e. The second kappa shape index (κ2) is 8.34. The Morgan fingerprint density at radius 3 is 2.24 bits per heavy atom. The zero-order valence-electron chi connectivity index (χ0n) is 14.1. The maximum absolute atomic E-state index is 12.6. The van der Waals surface area contributed by atoms with E-state index in [1.54, 1.807) is 0 Å². The summed E-state index contributed by atoms with van der Waals surface area (Å²) >= 11 is 0. The summed E-state index contributed by atoms with van der Waals surface area (Å²) < 4.78 is 0. The Morgan fingerprint density at radius 2 is 1.76 bits per heavy atom. The van der Waals surface area contributed by atoms with E-state index in [1.807, 2.05) is 18.2 Å². The van der Waals surface area contributed by atoms with Crippen LogP contribution in [0.2, 0.25) is 0 Å². The topological polar surface area (TPSA) is 79.9 Å². The SMILES string of the molecule is Cl.N#C[C@@H]1CC[C@H](C#N)N1C(=O)CNC1(Cc2ccccc2)CCC1. The van der Waals surface area contributed by atoms with E-state index in [0.717, 1.165) is 19.3 Å². The zero-order valence-corrected chi connectivity index (χ0v) is 15.0. The van der Waals surface area contributed by atoms with Crippen molar-refractivity contribution >= 4 is 18.3 Å². The Hall–Kier alpha value is -2.08. The van der Waals surface area contributed by atoms with E-state index >= 15 is 0 Å². The fourth-order valence-corrected chi connectivity index (χ4v) is 3.77. The Labute approximate surface area is 155 Å². The first-order valence-corrected chi connectivity index (χ1v) is 8.57. The molecule has 0 aromatic heterocycles. The third kappa shape index (κ3) is 4.12. The molecule has 1 aliphatic carbocycles. The lowest BCUT2D eigenvalue weighted by atomic mass is 9.72. The van der Waals surface area contributed by atoms with Crippen LogP contribution in [-0.4, -0.2) is 35.0 Å². The molecule has 1 heterocycles. The quantitative estimate of drug-likeness (QED) is 0.877. The molecule has 0 unspecified atom stereocenters. The molecule has 1 aliphatic heterocycles. The summed E-state index contributed by atoms with van der Waals surface area (Å²) in [6.45, 7) is 0.198. The highest BCUT2D eigenvalue weighted by Crippen LogP contribution is 2.35. The minimum atomic E-state index is -0.463. The zero-order chi connectivity index (χ0) is 17.0. The van der Waals surface area contributed by atoms with E-state index < -0.39 is 12.1 Å². The number of halogens is 1. The van der Waals surface area contributed by atoms with Gasteiger partial charge in [0, 0.05) is 5.54 Å². The summed E-state index contributed by atoms with van der Waals surface area (Å²) in [5, 5.41) is 21.8. The lowest BCUT2D eigenvalue weighted by Gasteiger charge is -2.43. The summed E-state index contributed by atoms with van der Waals surface area (Å²) in [5.41, 5.74) is 1.24. The van der Waals surface area contributed by atoms with Crippen molar-refractivity contribution in [3.63, 3.8) is 0 Å². The summed E-state index contributed by atoms with van der Waals surface area (Å²) in [6.07, 6.45) is 5.37. The van der Waals surface area contributed by atoms with Crippen molar-refractivity contribution < 1.29 is 4.79 Å². The van der Waals surface area contributed by atoms with Crippen LogP contribution < -0.4 is 5.32 Å². The number of carbonyl (C=O) groups is 1. The molecule has 0 spiro atoms. The minimum absolute atomic E-state index is 0. The monoisotopic (exact) mass is 358 g/mol. The maximum Gasteiger partial charge on any atom is 0.238 e. The van der Waals surface area contributed by atoms with E-state index in [-0.39, 0.29) is 30.4 Å². The van der Waals surface area contributed by atoms with Crippen LogP contribution in [0.3, 0.4) is 0 Å². The third-order valence-electron chi connectivity index (χ3n) is 5.28. The van der Waals surface area contributed by atoms with Crippen molar-refractivity contribution in [1.29, 1.82) is 10.5 Å². The second-order valence-electron chi connectivity index (χ2n) is 6.82. The number of benzene rings is 1. The van der Waals surface area contributed by atoms with Crippen LogP contribution in [0.4, 0.5) is 0 Å². The van der Waals surface area contributed by atoms with Gasteiger partial charge in [-0.05, 0) is 44.1 Å². The van der Waals surface area contributed by atoms with Gasteiger partial charge in [0.2, 0.25) is 5.91 Å². The number of likely N-dealkylation sites (tertiary alicyclic amines) is 1. The summed E-state index contributed by atoms with van der Waals surface area (Å²) in [5.74, 6) is -0.134. The lowest BCUT2D eigenvalue weighted by molar-refractivity contribution is -0.131. The van der Waals surface area contributed by atoms with E-state index in [9.17, 15) is 15.3 Å². The molecule has 1 aromatic rings. The predicted octanol–water partition coefficient (Wildman–Crippen LogP) is 2.57. The first-order valence-electron chi connectivity index (χ1n) is 8.57. The lowest BCUT2D eigenvalue weighted by Crippen LogP contribution is -2.56. The van der Waals surface area contributed by atoms with Crippen LogP contribution in [0, 0.1) is 22.7 Å². The molecule has 1 saturated heterocycles. The highest BCUT2D eigenvalue weighted by Gasteiger charge is 2.40. The van der Waals surface area contributed by atoms with Crippen LogP contribution in [0.25, 0.3) is 0 Å². The standard InChI is InChI=1S/C19H22N4O.ClH/c20-12-16-7-8-17(13-21)23(16)18(24)14-22-19(9-4-10-19)11-15-5-2-1-3-6-15;/h1-3,5-6,16-17,22H,4,7-11,14H2;1H/t16-,17+;. The number of nitrogens with one attached hydrogen (secondary N) is 1. The Bertz CT molecular complexity index is 653. The van der Waals surface area contributed by atoms with Crippen LogP contribution in [0.15, 0.2) is 30.3 Å². The number of rotatable bonds is 5. The number of nitrogens with zero attached hydrogens (tertiary/aromatic N) is 3. The molecule has 2 aliphatic rings. The van der Waals surface area contributed by atoms with Gasteiger partial charge in [-0.25, -0.2) is 0 Å². The van der Waals surface area contributed by atoms with Crippen molar-refractivity contribution in [2.75, 3.05) is 6.54 Å². The predicted molar refractivity (Wildman–Crippen MR) is 96.9 cm³/mol. The Balaban J connectivity index is 0.00000225. The molecular weight excluding hydrogens is 336 g/mol. The number of hydrogen-bond donors (Lipinski definition) is 1. The normalized spacial score (nSPS) is 23.7. The number of carbonyl (C=O) groups excluding carboxylic acids is 1. The smallest absolute Gasteiger partial charge is 0.238 e. The highest BCUT2D eigenvalue weighted by atomic mass is 35.5. The molecule has 0 bridgehead atoms. The van der Waals surface area contributed by atoms with Gasteiger partial charge in [-0.2, -0.15) is 10.5 Å². The first-order chi connectivity index (χ1) is 11.7. The van der Waals surface area contributed by atoms with Gasteiger partial charge in [-0.3, -0.25) is 4.79 Å². The molecular formula is C19H23ClN4O. The number of hydrogen-bond acceptors (Lipinski definition) is 4. The molecule has 132 valence electrons. The highest BCUT2D eigenvalue weighted by molar-refractivity contribution is 5.85. The molecule has 3 rings (SSSR count). The van der Waals surface area contributed by atoms with Gasteiger partial charge in [0.1, 0.15) is 12.1 Å². The van der Waals surface area contributed by atoms with E-state index in [0.29, 0.717) is 12.8 Å². The molecule has 1 amide bonds. The van der Waals surface area contributed by atoms with Crippen LogP contribution in [0.1, 0.15) is 37.7 Å². The van der Waals surface area contributed by atoms with Gasteiger partial charge in [0.15, 0.2) is 0 Å². The van der Waals surface area contributed by atoms with Gasteiger partial charge in [0.25, 0.3) is 0 Å². The Morgan fingerprint density at radius 1 is 1.16 bits per heavy atom. The maximum atomic E-state index is 12.6. The molecule has 5 nitrogen and oxygen atoms in total. The average Bonchev–Trinajstić information content (AvgIpc) is 3.01. The van der Waals surface area contributed by atoms with Crippen molar-refractivity contribution in [3.8, 4) is 12.1 Å². The van der Waals surface area contributed by atoms with Gasteiger partial charge < -0.3 is 10.2 Å². The van der Waals surface area contributed by atoms with Crippen molar-refractivity contribution in [2.45, 2.75) is 56.1 Å². The molecule has 0 radical (unpaired) electrons. The minimum Gasteiger partial charge on any atom is -0.310 e. The summed E-state index contributed by atoms with van der Waals surface area (Å²) in [4.78, 5) is 14.1. The molecule has 6 heteroatoms. The van der Waals surface area contributed by atoms with Crippen LogP contribution in [0.5, 0.6) is 0 Å². The fourth-order valence-electron chi connectivity index (χ4n) is 3.77. The first kappa shape index (κ1) is 19.2. The molecule has 1 N–H and O–H groups in total. The molecule has 2 atom stereocenters. The fraction of sp³-hybridized carbons (Fsp3) is 0.526. The molecule has 25 heavy (non-hydrogen) atoms. The van der Waals surface area contributed by atoms with Crippen molar-refractivity contribution in [2.24, 2.45) is 0 Å². The second-order valence-corrected chi connectivity index (χ2v) is 6.82. The van der Waals surface area contributed by atoms with Crippen molar-refractivity contribution in [1.82, 2.24) is 10.2 Å². The van der Waals surface area contributed by atoms with Gasteiger partial charge >= 0.3 is 0 Å². The van der Waals surface area contributed by atoms with Crippen LogP contribution >= 0.6 is 12.4 Å². The van der Waals surface area contributed by atoms with Gasteiger partial charge in [0.05, 0.1) is 18.7 Å². The summed E-state index contributed by atoms with van der Waals surface area (Å²) in [6, 6.07) is 13.7. The molecule has 1 saturated carbocycles. The molecule has 1 aromatic carbocycles. The van der Waals surface area contributed by atoms with E-state index in [1.165, 1.54) is 16.9 Å². The van der Waals surface area contributed by atoms with E-state index in [2.05, 4.69) is 29.6 Å². The summed E-state index contributed by atoms with van der Waals surface area (Å²) in [7, 11) is 0. The van der Waals surface area contributed by atoms with Gasteiger partial charge in [-0.1, -0.05) is 30.3 Å². The number of amides is 1. The van der Waals surface area contributed by atoms with E-state index in [4.69, 9.17) is 0 Å². The van der Waals surface area contributed by atoms with Crippen LogP contribution in [-0.2, 0) is 11.2 Å². The van der Waals surface area contributed by atoms with Gasteiger partial charge in [-0.15, -0.1) is 12.4 Å². The average molecular weight is 359 g/mol. The Kier molecular flexibility index (Phi) is 6.42. The van der Waals surface area contributed by atoms with Crippen molar-refractivity contribution in [3.05, 3.63) is 35.9 Å². The number of nitriles is 2. The molecule has 2 fully saturated rings. The third-order valence-corrected chi connectivity index (χ3v) is 5.28.